The van der Waals surface area contributed by atoms with Crippen molar-refractivity contribution >= 4 is 5.91 Å². The fourth-order valence-corrected chi connectivity index (χ4v) is 3.11. The van der Waals surface area contributed by atoms with E-state index in [1.165, 1.54) is 18.4 Å². The molecule has 1 aromatic heterocycles. The number of carbonyl (C=O) groups is 1. The Morgan fingerprint density at radius 2 is 2.05 bits per heavy atom. The van der Waals surface area contributed by atoms with Crippen LogP contribution in [0.5, 0.6) is 0 Å². The zero-order valence-electron chi connectivity index (χ0n) is 12.0. The first-order valence-corrected chi connectivity index (χ1v) is 7.65. The first kappa shape index (κ1) is 12.6. The molecule has 0 saturated heterocycles. The van der Waals surface area contributed by atoms with Crippen molar-refractivity contribution in [3.63, 3.8) is 0 Å². The zero-order valence-corrected chi connectivity index (χ0v) is 12.0. The quantitative estimate of drug-likeness (QED) is 0.867. The third-order valence-electron chi connectivity index (χ3n) is 4.52. The molecule has 1 atom stereocenters. The normalized spacial score (nSPS) is 21.1. The molecule has 108 valence electrons. The summed E-state index contributed by atoms with van der Waals surface area (Å²) in [6, 6.07) is 10.5. The van der Waals surface area contributed by atoms with Crippen molar-refractivity contribution < 1.29 is 4.79 Å². The Hall–Kier alpha value is -2.10. The maximum Gasteiger partial charge on any atom is 0.223 e. The summed E-state index contributed by atoms with van der Waals surface area (Å²) in [7, 11) is 0. The molecule has 0 unspecified atom stereocenters. The maximum atomic E-state index is 12.7. The van der Waals surface area contributed by atoms with Crippen LogP contribution in [0.2, 0.25) is 0 Å². The molecule has 0 bridgehead atoms. The zero-order chi connectivity index (χ0) is 14.2. The van der Waals surface area contributed by atoms with Gasteiger partial charge in [0.15, 0.2) is 0 Å². The number of carbonyl (C=O) groups excluding carboxylic acids is 1. The van der Waals surface area contributed by atoms with Gasteiger partial charge in [0.25, 0.3) is 0 Å². The van der Waals surface area contributed by atoms with Crippen molar-refractivity contribution in [2.45, 2.75) is 38.4 Å². The molecule has 0 spiro atoms. The topological polar surface area (TPSA) is 38.1 Å². The molecule has 1 aliphatic heterocycles. The highest BCUT2D eigenvalue weighted by atomic mass is 16.2. The standard InChI is InChI=1S/C17H19N3O/c21-17(10-13-6-7-13)20-12-16-18-8-9-19(16)11-15(20)14-4-2-1-3-5-14/h1-5,8-9,13,15H,6-7,10-12H2/t15-/m0/s1. The Labute approximate surface area is 124 Å². The van der Waals surface area contributed by atoms with Crippen LogP contribution in [0, 0.1) is 5.92 Å². The number of fused-ring (bicyclic) bond motifs is 1. The smallest absolute Gasteiger partial charge is 0.223 e. The summed E-state index contributed by atoms with van der Waals surface area (Å²) in [5, 5.41) is 0. The van der Waals surface area contributed by atoms with Gasteiger partial charge in [-0.2, -0.15) is 0 Å². The van der Waals surface area contributed by atoms with Crippen LogP contribution in [-0.2, 0) is 17.9 Å². The van der Waals surface area contributed by atoms with Gasteiger partial charge in [-0.15, -0.1) is 0 Å². The van der Waals surface area contributed by atoms with Gasteiger partial charge >= 0.3 is 0 Å². The number of hydrogen-bond acceptors (Lipinski definition) is 2. The molecule has 21 heavy (non-hydrogen) atoms. The molecule has 4 rings (SSSR count). The third-order valence-corrected chi connectivity index (χ3v) is 4.52. The van der Waals surface area contributed by atoms with E-state index in [2.05, 4.69) is 21.7 Å². The Balaban J connectivity index is 1.65. The summed E-state index contributed by atoms with van der Waals surface area (Å²) in [5.41, 5.74) is 1.21. The minimum Gasteiger partial charge on any atom is -0.331 e. The van der Waals surface area contributed by atoms with Crippen LogP contribution < -0.4 is 0 Å². The molecule has 2 aliphatic rings. The van der Waals surface area contributed by atoms with Crippen molar-refractivity contribution in [2.24, 2.45) is 5.92 Å². The summed E-state index contributed by atoms with van der Waals surface area (Å²) >= 11 is 0. The van der Waals surface area contributed by atoms with E-state index >= 15 is 0 Å². The molecule has 2 aromatic rings. The van der Waals surface area contributed by atoms with Crippen molar-refractivity contribution in [2.75, 3.05) is 0 Å². The van der Waals surface area contributed by atoms with Gasteiger partial charge in [-0.3, -0.25) is 4.79 Å². The summed E-state index contributed by atoms with van der Waals surface area (Å²) < 4.78 is 2.17. The summed E-state index contributed by atoms with van der Waals surface area (Å²) in [6.45, 7) is 1.42. The average Bonchev–Trinajstić information content (AvgIpc) is 3.21. The van der Waals surface area contributed by atoms with Crippen molar-refractivity contribution in [1.29, 1.82) is 0 Å². The molecule has 0 radical (unpaired) electrons. The Bertz CT molecular complexity index is 645. The lowest BCUT2D eigenvalue weighted by Crippen LogP contribution is -2.41. The molecule has 1 saturated carbocycles. The van der Waals surface area contributed by atoms with Gasteiger partial charge in [0.05, 0.1) is 12.6 Å². The molecule has 1 amide bonds. The van der Waals surface area contributed by atoms with E-state index in [0.717, 1.165) is 12.4 Å². The second-order valence-electron chi connectivity index (χ2n) is 6.09. The van der Waals surface area contributed by atoms with E-state index in [1.807, 2.05) is 35.5 Å². The van der Waals surface area contributed by atoms with Crippen LogP contribution in [0.1, 0.15) is 36.7 Å². The summed E-state index contributed by atoms with van der Waals surface area (Å²) in [5.74, 6) is 1.89. The Morgan fingerprint density at radius 3 is 2.81 bits per heavy atom. The largest absolute Gasteiger partial charge is 0.331 e. The van der Waals surface area contributed by atoms with Gasteiger partial charge in [0, 0.05) is 25.4 Å². The number of rotatable bonds is 3. The van der Waals surface area contributed by atoms with Crippen LogP contribution >= 0.6 is 0 Å². The molecular formula is C17H19N3O. The first-order chi connectivity index (χ1) is 10.3. The van der Waals surface area contributed by atoms with Gasteiger partial charge in [0.2, 0.25) is 5.91 Å². The molecule has 1 aliphatic carbocycles. The second kappa shape index (κ2) is 5.02. The number of amides is 1. The van der Waals surface area contributed by atoms with Crippen molar-refractivity contribution in [3.8, 4) is 0 Å². The van der Waals surface area contributed by atoms with Crippen LogP contribution in [0.25, 0.3) is 0 Å². The Morgan fingerprint density at radius 1 is 1.24 bits per heavy atom. The SMILES string of the molecule is O=C(CC1CC1)N1Cc2nccn2C[C@H]1c1ccccc1. The number of hydrogen-bond donors (Lipinski definition) is 0. The predicted octanol–water partition coefficient (Wildman–Crippen LogP) is 2.77. The van der Waals surface area contributed by atoms with E-state index < -0.39 is 0 Å². The third kappa shape index (κ3) is 2.46. The molecule has 1 aromatic carbocycles. The van der Waals surface area contributed by atoms with Crippen LogP contribution in [-0.4, -0.2) is 20.4 Å². The van der Waals surface area contributed by atoms with E-state index in [1.54, 1.807) is 0 Å². The van der Waals surface area contributed by atoms with Crippen molar-refractivity contribution in [1.82, 2.24) is 14.5 Å². The van der Waals surface area contributed by atoms with E-state index in [0.29, 0.717) is 18.9 Å². The minimum absolute atomic E-state index is 0.124. The highest BCUT2D eigenvalue weighted by molar-refractivity contribution is 5.77. The lowest BCUT2D eigenvalue weighted by molar-refractivity contribution is -0.136. The fourth-order valence-electron chi connectivity index (χ4n) is 3.11. The second-order valence-corrected chi connectivity index (χ2v) is 6.09. The van der Waals surface area contributed by atoms with Gasteiger partial charge in [0.1, 0.15) is 5.82 Å². The van der Waals surface area contributed by atoms with Crippen LogP contribution in [0.3, 0.4) is 0 Å². The predicted molar refractivity (Wildman–Crippen MR) is 79.3 cm³/mol. The monoisotopic (exact) mass is 281 g/mol. The van der Waals surface area contributed by atoms with Gasteiger partial charge in [-0.25, -0.2) is 4.98 Å². The van der Waals surface area contributed by atoms with Crippen LogP contribution in [0.4, 0.5) is 0 Å². The molecular weight excluding hydrogens is 262 g/mol. The molecule has 4 nitrogen and oxygen atoms in total. The van der Waals surface area contributed by atoms with Crippen molar-refractivity contribution in [3.05, 3.63) is 54.1 Å². The van der Waals surface area contributed by atoms with E-state index in [4.69, 9.17) is 0 Å². The van der Waals surface area contributed by atoms with E-state index in [9.17, 15) is 4.79 Å². The molecule has 4 heteroatoms. The highest BCUT2D eigenvalue weighted by Crippen LogP contribution is 2.36. The van der Waals surface area contributed by atoms with Crippen LogP contribution in [0.15, 0.2) is 42.7 Å². The fraction of sp³-hybridized carbons (Fsp3) is 0.412. The average molecular weight is 281 g/mol. The first-order valence-electron chi connectivity index (χ1n) is 7.65. The molecule has 2 heterocycles. The van der Waals surface area contributed by atoms with E-state index in [-0.39, 0.29) is 11.9 Å². The van der Waals surface area contributed by atoms with Gasteiger partial charge in [-0.1, -0.05) is 30.3 Å². The number of aromatic nitrogens is 2. The lowest BCUT2D eigenvalue weighted by atomic mass is 10.0. The number of benzene rings is 1. The summed E-state index contributed by atoms with van der Waals surface area (Å²) in [4.78, 5) is 19.1. The lowest BCUT2D eigenvalue weighted by Gasteiger charge is -2.36. The van der Waals surface area contributed by atoms with Gasteiger partial charge in [-0.05, 0) is 24.3 Å². The highest BCUT2D eigenvalue weighted by Gasteiger charge is 2.34. The summed E-state index contributed by atoms with van der Waals surface area (Å²) in [6.07, 6.45) is 6.96. The number of imidazole rings is 1. The minimum atomic E-state index is 0.124. The molecule has 1 fully saturated rings. The number of nitrogens with zero attached hydrogens (tertiary/aromatic N) is 3. The maximum absolute atomic E-state index is 12.7. The van der Waals surface area contributed by atoms with Gasteiger partial charge < -0.3 is 9.47 Å². The Kier molecular flexibility index (Phi) is 3.02. The molecule has 0 N–H and O–H groups in total.